The zero-order valence-electron chi connectivity index (χ0n) is 8.37. The molecular weight excluding hydrogens is 287 g/mol. The van der Waals surface area contributed by atoms with Gasteiger partial charge >= 0.3 is 0 Å². The molecule has 3 heteroatoms. The molecule has 2 atom stereocenters. The van der Waals surface area contributed by atoms with Gasteiger partial charge in [-0.1, -0.05) is 23.8 Å². The normalized spacial score (nSPS) is 31.2. The van der Waals surface area contributed by atoms with Gasteiger partial charge in [-0.05, 0) is 42.9 Å². The summed E-state index contributed by atoms with van der Waals surface area (Å²) in [7, 11) is 0. The highest BCUT2D eigenvalue weighted by molar-refractivity contribution is 14.1. The van der Waals surface area contributed by atoms with Gasteiger partial charge in [0.15, 0.2) is 0 Å². The third-order valence-corrected chi connectivity index (χ3v) is 3.63. The van der Waals surface area contributed by atoms with E-state index in [0.29, 0.717) is 5.92 Å². The van der Waals surface area contributed by atoms with Crippen molar-refractivity contribution in [1.82, 2.24) is 0 Å². The Hall–Kier alpha value is -0.450. The van der Waals surface area contributed by atoms with Gasteiger partial charge in [-0.25, -0.2) is 4.99 Å². The molecule has 0 saturated carbocycles. The van der Waals surface area contributed by atoms with Crippen LogP contribution >= 0.6 is 22.6 Å². The van der Waals surface area contributed by atoms with E-state index in [1.165, 1.54) is 5.57 Å². The standard InChI is InChI=1S/C11H13IN2/c1-7-3-5-9(6-4-7)11-13-8(2)10(12)14-11/h3-5,9,11H,6H2,1-2H3. The van der Waals surface area contributed by atoms with E-state index in [4.69, 9.17) is 0 Å². The van der Waals surface area contributed by atoms with Gasteiger partial charge in [0.1, 0.15) is 9.88 Å². The molecule has 0 saturated heterocycles. The fourth-order valence-corrected chi connectivity index (χ4v) is 2.07. The molecule has 0 aromatic carbocycles. The summed E-state index contributed by atoms with van der Waals surface area (Å²) in [4.78, 5) is 9.08. The third-order valence-electron chi connectivity index (χ3n) is 2.57. The molecule has 74 valence electrons. The molecule has 1 aliphatic heterocycles. The zero-order valence-corrected chi connectivity index (χ0v) is 10.5. The monoisotopic (exact) mass is 300 g/mol. The largest absolute Gasteiger partial charge is 0.260 e. The summed E-state index contributed by atoms with van der Waals surface area (Å²) < 4.78 is 1.06. The fraction of sp³-hybridized carbons (Fsp3) is 0.455. The van der Waals surface area contributed by atoms with E-state index < -0.39 is 0 Å². The van der Waals surface area contributed by atoms with E-state index in [-0.39, 0.29) is 6.17 Å². The van der Waals surface area contributed by atoms with Gasteiger partial charge in [-0.15, -0.1) is 0 Å². The van der Waals surface area contributed by atoms with E-state index in [2.05, 4.69) is 57.7 Å². The quantitative estimate of drug-likeness (QED) is 0.665. The Morgan fingerprint density at radius 3 is 2.64 bits per heavy atom. The van der Waals surface area contributed by atoms with Crippen LogP contribution in [0.15, 0.2) is 33.8 Å². The van der Waals surface area contributed by atoms with Crippen LogP contribution < -0.4 is 0 Å². The van der Waals surface area contributed by atoms with Gasteiger partial charge in [0.2, 0.25) is 0 Å². The maximum atomic E-state index is 4.54. The van der Waals surface area contributed by atoms with Gasteiger partial charge in [-0.3, -0.25) is 4.99 Å². The minimum absolute atomic E-state index is 0.127. The smallest absolute Gasteiger partial charge is 0.147 e. The molecule has 0 aromatic rings. The number of nitrogens with zero attached hydrogens (tertiary/aromatic N) is 2. The van der Waals surface area contributed by atoms with Gasteiger partial charge < -0.3 is 0 Å². The number of hydrogen-bond donors (Lipinski definition) is 0. The van der Waals surface area contributed by atoms with E-state index >= 15 is 0 Å². The lowest BCUT2D eigenvalue weighted by Gasteiger charge is -2.17. The molecule has 0 N–H and O–H groups in total. The van der Waals surface area contributed by atoms with Crippen LogP contribution in [0.4, 0.5) is 0 Å². The molecule has 0 radical (unpaired) electrons. The lowest BCUT2D eigenvalue weighted by molar-refractivity contribution is 0.529. The summed E-state index contributed by atoms with van der Waals surface area (Å²) in [6.07, 6.45) is 7.85. The number of rotatable bonds is 1. The third kappa shape index (κ3) is 1.97. The van der Waals surface area contributed by atoms with Gasteiger partial charge in [0, 0.05) is 5.92 Å². The van der Waals surface area contributed by atoms with Crippen molar-refractivity contribution in [3.8, 4) is 0 Å². The van der Waals surface area contributed by atoms with Crippen LogP contribution in [-0.4, -0.2) is 15.6 Å². The van der Waals surface area contributed by atoms with Crippen molar-refractivity contribution in [2.24, 2.45) is 15.9 Å². The SMILES string of the molecule is CC1=CCC(C2N=C(C)C(I)=N2)C=C1. The van der Waals surface area contributed by atoms with Crippen molar-refractivity contribution in [2.45, 2.75) is 26.4 Å². The number of hydrogen-bond acceptors (Lipinski definition) is 2. The molecule has 2 nitrogen and oxygen atoms in total. The lowest BCUT2D eigenvalue weighted by atomic mass is 9.95. The zero-order chi connectivity index (χ0) is 10.1. The Balaban J connectivity index is 2.10. The first-order valence-corrected chi connectivity index (χ1v) is 5.88. The van der Waals surface area contributed by atoms with E-state index in [1.54, 1.807) is 0 Å². The van der Waals surface area contributed by atoms with Crippen molar-refractivity contribution >= 4 is 32.0 Å². The van der Waals surface area contributed by atoms with E-state index in [1.807, 2.05) is 6.92 Å². The molecule has 1 heterocycles. The Kier molecular flexibility index (Phi) is 2.85. The molecule has 0 amide bonds. The molecule has 14 heavy (non-hydrogen) atoms. The minimum atomic E-state index is 0.127. The van der Waals surface area contributed by atoms with Crippen molar-refractivity contribution in [3.05, 3.63) is 23.8 Å². The summed E-state index contributed by atoms with van der Waals surface area (Å²) in [6, 6.07) is 0. The highest BCUT2D eigenvalue weighted by Gasteiger charge is 2.23. The molecule has 2 unspecified atom stereocenters. The highest BCUT2D eigenvalue weighted by atomic mass is 127. The fourth-order valence-electron chi connectivity index (χ4n) is 1.65. The Bertz CT molecular complexity index is 345. The first kappa shape index (κ1) is 10.1. The molecule has 2 aliphatic rings. The van der Waals surface area contributed by atoms with Crippen LogP contribution in [0, 0.1) is 5.92 Å². The van der Waals surface area contributed by atoms with Crippen LogP contribution in [0.5, 0.6) is 0 Å². The Morgan fingerprint density at radius 1 is 1.36 bits per heavy atom. The molecule has 0 spiro atoms. The first-order chi connectivity index (χ1) is 6.66. The average Bonchev–Trinajstić information content (AvgIpc) is 2.48. The van der Waals surface area contributed by atoms with Crippen LogP contribution in [0.2, 0.25) is 0 Å². The predicted molar refractivity (Wildman–Crippen MR) is 69.4 cm³/mol. The van der Waals surface area contributed by atoms with Crippen molar-refractivity contribution < 1.29 is 0 Å². The molecule has 2 rings (SSSR count). The number of allylic oxidation sites excluding steroid dienone is 3. The summed E-state index contributed by atoms with van der Waals surface area (Å²) >= 11 is 2.25. The molecule has 0 fully saturated rings. The Labute approximate surface area is 98.1 Å². The second kappa shape index (κ2) is 3.96. The lowest BCUT2D eigenvalue weighted by Crippen LogP contribution is -2.13. The maximum Gasteiger partial charge on any atom is 0.147 e. The van der Waals surface area contributed by atoms with Crippen molar-refractivity contribution in [3.63, 3.8) is 0 Å². The minimum Gasteiger partial charge on any atom is -0.260 e. The predicted octanol–water partition coefficient (Wildman–Crippen LogP) is 3.14. The second-order valence-corrected chi connectivity index (χ2v) is 4.78. The van der Waals surface area contributed by atoms with Crippen LogP contribution in [-0.2, 0) is 0 Å². The van der Waals surface area contributed by atoms with Crippen molar-refractivity contribution in [1.29, 1.82) is 0 Å². The van der Waals surface area contributed by atoms with Gasteiger partial charge in [-0.2, -0.15) is 0 Å². The number of halogens is 1. The molecule has 0 aromatic heterocycles. The molecule has 1 aliphatic carbocycles. The van der Waals surface area contributed by atoms with E-state index in [9.17, 15) is 0 Å². The van der Waals surface area contributed by atoms with Crippen LogP contribution in [0.3, 0.4) is 0 Å². The summed E-state index contributed by atoms with van der Waals surface area (Å²) in [5.41, 5.74) is 2.42. The maximum absolute atomic E-state index is 4.54. The first-order valence-electron chi connectivity index (χ1n) is 4.80. The highest BCUT2D eigenvalue weighted by Crippen LogP contribution is 2.25. The average molecular weight is 300 g/mol. The van der Waals surface area contributed by atoms with Gasteiger partial charge in [0.05, 0.1) is 5.71 Å². The Morgan fingerprint density at radius 2 is 2.14 bits per heavy atom. The van der Waals surface area contributed by atoms with E-state index in [0.717, 1.165) is 15.9 Å². The van der Waals surface area contributed by atoms with Crippen LogP contribution in [0.1, 0.15) is 20.3 Å². The molecular formula is C11H13IN2. The van der Waals surface area contributed by atoms with Crippen LogP contribution in [0.25, 0.3) is 0 Å². The topological polar surface area (TPSA) is 24.7 Å². The van der Waals surface area contributed by atoms with Crippen molar-refractivity contribution in [2.75, 3.05) is 0 Å². The summed E-state index contributed by atoms with van der Waals surface area (Å²) in [5, 5.41) is 0. The second-order valence-electron chi connectivity index (χ2n) is 3.75. The number of aliphatic imine (C=N–C) groups is 2. The summed E-state index contributed by atoms with van der Waals surface area (Å²) in [6.45, 7) is 4.15. The summed E-state index contributed by atoms with van der Waals surface area (Å²) in [5.74, 6) is 0.459. The molecule has 0 bridgehead atoms. The van der Waals surface area contributed by atoms with Gasteiger partial charge in [0.25, 0.3) is 0 Å².